The number of hydrogen-bond donors (Lipinski definition) is 2. The van der Waals surface area contributed by atoms with E-state index < -0.39 is 10.0 Å². The lowest BCUT2D eigenvalue weighted by atomic mass is 10.1. The normalized spacial score (nSPS) is 11.2. The predicted molar refractivity (Wildman–Crippen MR) is 82.2 cm³/mol. The fourth-order valence-corrected chi connectivity index (χ4v) is 2.70. The Bertz CT molecular complexity index is 768. The van der Waals surface area contributed by atoms with Gasteiger partial charge in [0.1, 0.15) is 5.76 Å². The number of carbonyl (C=O) groups excluding carboxylic acids is 1. The zero-order valence-corrected chi connectivity index (χ0v) is 13.1. The van der Waals surface area contributed by atoms with E-state index in [0.29, 0.717) is 11.3 Å². The smallest absolute Gasteiger partial charge is 0.251 e. The molecule has 118 valence electrons. The van der Waals surface area contributed by atoms with E-state index in [1.807, 2.05) is 13.0 Å². The SMILES string of the molecule is Cc1cccc(C(=O)NCCS(=O)(=O)Nc2cc(C)on2)c1. The van der Waals surface area contributed by atoms with Gasteiger partial charge in [0.05, 0.1) is 5.75 Å². The molecule has 2 N–H and O–H groups in total. The van der Waals surface area contributed by atoms with Gasteiger partial charge in [-0.3, -0.25) is 9.52 Å². The summed E-state index contributed by atoms with van der Waals surface area (Å²) < 4.78 is 30.7. The van der Waals surface area contributed by atoms with E-state index in [1.54, 1.807) is 25.1 Å². The molecular formula is C14H17N3O4S. The lowest BCUT2D eigenvalue weighted by Gasteiger charge is -2.07. The second-order valence-corrected chi connectivity index (χ2v) is 6.71. The van der Waals surface area contributed by atoms with Crippen LogP contribution in [0.2, 0.25) is 0 Å². The molecule has 7 nitrogen and oxygen atoms in total. The van der Waals surface area contributed by atoms with Crippen molar-refractivity contribution >= 4 is 21.7 Å². The summed E-state index contributed by atoms with van der Waals surface area (Å²) in [6, 6.07) is 8.54. The summed E-state index contributed by atoms with van der Waals surface area (Å²) in [5, 5.41) is 6.12. The van der Waals surface area contributed by atoms with Crippen molar-refractivity contribution in [3.05, 3.63) is 47.2 Å². The second kappa shape index (κ2) is 6.61. The molecule has 2 rings (SSSR count). The van der Waals surface area contributed by atoms with Crippen LogP contribution in [-0.4, -0.2) is 31.8 Å². The van der Waals surface area contributed by atoms with Crippen molar-refractivity contribution in [2.75, 3.05) is 17.0 Å². The standard InChI is InChI=1S/C14H17N3O4S/c1-10-4-3-5-12(8-10)14(18)15-6-7-22(19,20)17-13-9-11(2)21-16-13/h3-5,8-9H,6-7H2,1-2H3,(H,15,18)(H,16,17). The van der Waals surface area contributed by atoms with Crippen LogP contribution < -0.4 is 10.0 Å². The summed E-state index contributed by atoms with van der Waals surface area (Å²) in [7, 11) is -3.59. The highest BCUT2D eigenvalue weighted by Gasteiger charge is 2.14. The molecule has 22 heavy (non-hydrogen) atoms. The molecule has 2 aromatic rings. The zero-order valence-electron chi connectivity index (χ0n) is 12.3. The van der Waals surface area contributed by atoms with Crippen LogP contribution in [0, 0.1) is 13.8 Å². The molecule has 1 aromatic heterocycles. The van der Waals surface area contributed by atoms with Crippen molar-refractivity contribution in [3.63, 3.8) is 0 Å². The molecule has 0 bridgehead atoms. The van der Waals surface area contributed by atoms with E-state index in [-0.39, 0.29) is 24.0 Å². The van der Waals surface area contributed by atoms with Gasteiger partial charge in [0.15, 0.2) is 5.82 Å². The van der Waals surface area contributed by atoms with Crippen molar-refractivity contribution in [1.29, 1.82) is 0 Å². The number of aryl methyl sites for hydroxylation is 2. The number of sulfonamides is 1. The maximum atomic E-state index is 11.9. The van der Waals surface area contributed by atoms with Gasteiger partial charge in [0, 0.05) is 18.2 Å². The number of benzene rings is 1. The second-order valence-electron chi connectivity index (χ2n) is 4.87. The number of anilines is 1. The van der Waals surface area contributed by atoms with E-state index in [0.717, 1.165) is 5.56 Å². The largest absolute Gasteiger partial charge is 0.360 e. The first-order valence-corrected chi connectivity index (χ1v) is 8.30. The van der Waals surface area contributed by atoms with E-state index in [9.17, 15) is 13.2 Å². The molecule has 0 unspecified atom stereocenters. The van der Waals surface area contributed by atoms with Gasteiger partial charge in [-0.1, -0.05) is 22.9 Å². The molecule has 1 aromatic carbocycles. The first-order valence-electron chi connectivity index (χ1n) is 6.64. The highest BCUT2D eigenvalue weighted by atomic mass is 32.2. The van der Waals surface area contributed by atoms with Gasteiger partial charge in [0.2, 0.25) is 10.0 Å². The molecule has 0 spiro atoms. The Labute approximate surface area is 128 Å². The molecule has 1 amide bonds. The van der Waals surface area contributed by atoms with Crippen molar-refractivity contribution in [2.24, 2.45) is 0 Å². The Morgan fingerprint density at radius 2 is 2.05 bits per heavy atom. The topological polar surface area (TPSA) is 101 Å². The molecule has 8 heteroatoms. The minimum Gasteiger partial charge on any atom is -0.360 e. The van der Waals surface area contributed by atoms with Crippen LogP contribution >= 0.6 is 0 Å². The van der Waals surface area contributed by atoms with Gasteiger partial charge in [-0.05, 0) is 26.0 Å². The van der Waals surface area contributed by atoms with Gasteiger partial charge in [-0.25, -0.2) is 8.42 Å². The Morgan fingerprint density at radius 1 is 1.27 bits per heavy atom. The summed E-state index contributed by atoms with van der Waals surface area (Å²) in [6.45, 7) is 3.54. The van der Waals surface area contributed by atoms with Gasteiger partial charge in [0.25, 0.3) is 5.91 Å². The maximum Gasteiger partial charge on any atom is 0.251 e. The fourth-order valence-electron chi connectivity index (χ4n) is 1.81. The summed E-state index contributed by atoms with van der Waals surface area (Å²) >= 11 is 0. The summed E-state index contributed by atoms with van der Waals surface area (Å²) in [5.74, 6) is 0.0698. The Hall–Kier alpha value is -2.35. The number of hydrogen-bond acceptors (Lipinski definition) is 5. The summed E-state index contributed by atoms with van der Waals surface area (Å²) in [6.07, 6.45) is 0. The van der Waals surface area contributed by atoms with Crippen LogP contribution in [0.15, 0.2) is 34.9 Å². The van der Waals surface area contributed by atoms with Crippen LogP contribution in [0.4, 0.5) is 5.82 Å². The van der Waals surface area contributed by atoms with Crippen molar-refractivity contribution in [2.45, 2.75) is 13.8 Å². The van der Waals surface area contributed by atoms with Crippen molar-refractivity contribution in [3.8, 4) is 0 Å². The molecule has 1 heterocycles. The first-order chi connectivity index (χ1) is 10.4. The van der Waals surface area contributed by atoms with Crippen molar-refractivity contribution in [1.82, 2.24) is 10.5 Å². The molecule has 0 aliphatic rings. The lowest BCUT2D eigenvalue weighted by molar-refractivity contribution is 0.0956. The van der Waals surface area contributed by atoms with E-state index in [1.165, 1.54) is 6.07 Å². The van der Waals surface area contributed by atoms with E-state index in [4.69, 9.17) is 4.52 Å². The molecule has 0 atom stereocenters. The highest BCUT2D eigenvalue weighted by Crippen LogP contribution is 2.09. The third-order valence-corrected chi connectivity index (χ3v) is 4.09. The number of amides is 1. The van der Waals surface area contributed by atoms with Gasteiger partial charge < -0.3 is 9.84 Å². The van der Waals surface area contributed by atoms with Crippen LogP contribution in [0.1, 0.15) is 21.7 Å². The average molecular weight is 323 g/mol. The monoisotopic (exact) mass is 323 g/mol. The molecule has 0 fully saturated rings. The minimum absolute atomic E-state index is 0.00105. The first kappa shape index (κ1) is 16.0. The lowest BCUT2D eigenvalue weighted by Crippen LogP contribution is -2.31. The van der Waals surface area contributed by atoms with Crippen LogP contribution in [-0.2, 0) is 10.0 Å². The van der Waals surface area contributed by atoms with E-state index >= 15 is 0 Å². The Balaban J connectivity index is 1.86. The molecule has 0 aliphatic heterocycles. The number of carbonyl (C=O) groups is 1. The molecule has 0 aliphatic carbocycles. The number of nitrogens with zero attached hydrogens (tertiary/aromatic N) is 1. The molecular weight excluding hydrogens is 306 g/mol. The number of nitrogens with one attached hydrogen (secondary N) is 2. The van der Waals surface area contributed by atoms with Crippen molar-refractivity contribution < 1.29 is 17.7 Å². The third kappa shape index (κ3) is 4.59. The fraction of sp³-hybridized carbons (Fsp3) is 0.286. The highest BCUT2D eigenvalue weighted by molar-refractivity contribution is 7.92. The average Bonchev–Trinajstić information content (AvgIpc) is 2.83. The summed E-state index contributed by atoms with van der Waals surface area (Å²) in [5.41, 5.74) is 1.46. The zero-order chi connectivity index (χ0) is 16.2. The molecule has 0 saturated heterocycles. The van der Waals surface area contributed by atoms with Crippen LogP contribution in [0.5, 0.6) is 0 Å². The third-order valence-electron chi connectivity index (χ3n) is 2.82. The van der Waals surface area contributed by atoms with Gasteiger partial charge in [-0.15, -0.1) is 0 Å². The van der Waals surface area contributed by atoms with Gasteiger partial charge in [-0.2, -0.15) is 0 Å². The van der Waals surface area contributed by atoms with Crippen LogP contribution in [0.3, 0.4) is 0 Å². The Morgan fingerprint density at radius 3 is 2.68 bits per heavy atom. The molecule has 0 saturated carbocycles. The van der Waals surface area contributed by atoms with E-state index in [2.05, 4.69) is 15.2 Å². The van der Waals surface area contributed by atoms with Gasteiger partial charge >= 0.3 is 0 Å². The number of aromatic nitrogens is 1. The quantitative estimate of drug-likeness (QED) is 0.838. The Kier molecular flexibility index (Phi) is 4.81. The maximum absolute atomic E-state index is 11.9. The predicted octanol–water partition coefficient (Wildman–Crippen LogP) is 1.46. The summed E-state index contributed by atoms with van der Waals surface area (Å²) in [4.78, 5) is 11.9. The van der Waals surface area contributed by atoms with Crippen LogP contribution in [0.25, 0.3) is 0 Å². The minimum atomic E-state index is -3.59. The molecule has 0 radical (unpaired) electrons. The number of rotatable bonds is 6.